The van der Waals surface area contributed by atoms with E-state index in [1.54, 1.807) is 18.2 Å². The Hall–Kier alpha value is -3.15. The van der Waals surface area contributed by atoms with Crippen LogP contribution < -0.4 is 5.32 Å². The first kappa shape index (κ1) is 15.7. The molecule has 0 atom stereocenters. The quantitative estimate of drug-likeness (QED) is 0.748. The van der Waals surface area contributed by atoms with Crippen molar-refractivity contribution in [2.45, 2.75) is 19.8 Å². The number of hydrogen-bond acceptors (Lipinski definition) is 4. The molecule has 2 aromatic carbocycles. The molecule has 0 spiro atoms. The Morgan fingerprint density at radius 3 is 2.75 bits per heavy atom. The molecule has 0 fully saturated rings. The Balaban J connectivity index is 1.81. The number of benzene rings is 2. The number of aryl methyl sites for hydroxylation is 1. The zero-order valence-corrected chi connectivity index (χ0v) is 13.1. The van der Waals surface area contributed by atoms with Gasteiger partial charge in [0.25, 0.3) is 0 Å². The average molecular weight is 324 g/mol. The van der Waals surface area contributed by atoms with Gasteiger partial charge in [0.15, 0.2) is 5.58 Å². The summed E-state index contributed by atoms with van der Waals surface area (Å²) in [6.45, 7) is 2.00. The van der Waals surface area contributed by atoms with Crippen LogP contribution in [0.4, 0.5) is 5.69 Å². The van der Waals surface area contributed by atoms with Gasteiger partial charge in [-0.1, -0.05) is 17.7 Å². The Labute approximate surface area is 138 Å². The molecule has 0 unspecified atom stereocenters. The highest BCUT2D eigenvalue weighted by molar-refractivity contribution is 5.94. The number of aromatic nitrogens is 1. The summed E-state index contributed by atoms with van der Waals surface area (Å²) in [5.41, 5.74) is 3.79. The SMILES string of the molecule is Cc1cccc(-c2nc3ccc(NC(=O)CCC(=O)O)cc3o2)c1. The van der Waals surface area contributed by atoms with E-state index in [0.717, 1.165) is 11.1 Å². The zero-order valence-electron chi connectivity index (χ0n) is 13.1. The molecule has 6 nitrogen and oxygen atoms in total. The third-order valence-electron chi connectivity index (χ3n) is 3.50. The Morgan fingerprint density at radius 2 is 2.00 bits per heavy atom. The van der Waals surface area contributed by atoms with Crippen molar-refractivity contribution in [3.05, 3.63) is 48.0 Å². The van der Waals surface area contributed by atoms with E-state index in [0.29, 0.717) is 22.7 Å². The minimum Gasteiger partial charge on any atom is -0.481 e. The molecule has 2 N–H and O–H groups in total. The third kappa shape index (κ3) is 3.60. The third-order valence-corrected chi connectivity index (χ3v) is 3.50. The number of carboxylic acid groups (broad SMARTS) is 1. The maximum atomic E-state index is 11.7. The molecule has 0 aliphatic heterocycles. The summed E-state index contributed by atoms with van der Waals surface area (Å²) in [7, 11) is 0. The van der Waals surface area contributed by atoms with Crippen LogP contribution in [0.2, 0.25) is 0 Å². The summed E-state index contributed by atoms with van der Waals surface area (Å²) >= 11 is 0. The summed E-state index contributed by atoms with van der Waals surface area (Å²) in [5, 5.41) is 11.3. The summed E-state index contributed by atoms with van der Waals surface area (Å²) in [6.07, 6.45) is -0.272. The molecule has 0 bridgehead atoms. The fourth-order valence-electron chi connectivity index (χ4n) is 2.35. The second-order valence-electron chi connectivity index (χ2n) is 5.51. The Kier molecular flexibility index (Phi) is 4.29. The molecule has 3 rings (SSSR count). The van der Waals surface area contributed by atoms with Crippen molar-refractivity contribution in [2.24, 2.45) is 0 Å². The van der Waals surface area contributed by atoms with Gasteiger partial charge in [0, 0.05) is 23.7 Å². The largest absolute Gasteiger partial charge is 0.481 e. The Morgan fingerprint density at radius 1 is 1.17 bits per heavy atom. The van der Waals surface area contributed by atoms with Crippen molar-refractivity contribution in [2.75, 3.05) is 5.32 Å². The first-order valence-electron chi connectivity index (χ1n) is 7.50. The number of carbonyl (C=O) groups excluding carboxylic acids is 1. The number of aliphatic carboxylic acids is 1. The van der Waals surface area contributed by atoms with Gasteiger partial charge in [0.05, 0.1) is 6.42 Å². The second kappa shape index (κ2) is 6.54. The highest BCUT2D eigenvalue weighted by Crippen LogP contribution is 2.26. The number of oxazole rings is 1. The zero-order chi connectivity index (χ0) is 17.1. The van der Waals surface area contributed by atoms with Crippen molar-refractivity contribution in [1.29, 1.82) is 0 Å². The van der Waals surface area contributed by atoms with Crippen LogP contribution in [0.15, 0.2) is 46.9 Å². The molecule has 0 saturated carbocycles. The maximum absolute atomic E-state index is 11.7. The molecule has 0 radical (unpaired) electrons. The normalized spacial score (nSPS) is 10.7. The summed E-state index contributed by atoms with van der Waals surface area (Å²) in [4.78, 5) is 26.6. The molecule has 24 heavy (non-hydrogen) atoms. The van der Waals surface area contributed by atoms with Crippen molar-refractivity contribution in [3.8, 4) is 11.5 Å². The maximum Gasteiger partial charge on any atom is 0.303 e. The van der Waals surface area contributed by atoms with E-state index in [1.165, 1.54) is 0 Å². The number of rotatable bonds is 5. The molecule has 1 aromatic heterocycles. The van der Waals surface area contributed by atoms with Gasteiger partial charge in [-0.2, -0.15) is 0 Å². The van der Waals surface area contributed by atoms with Gasteiger partial charge in [-0.25, -0.2) is 4.98 Å². The van der Waals surface area contributed by atoms with Crippen LogP contribution >= 0.6 is 0 Å². The van der Waals surface area contributed by atoms with Crippen LogP contribution in [0.25, 0.3) is 22.6 Å². The standard InChI is InChI=1S/C18H16N2O4/c1-11-3-2-4-12(9-11)18-20-14-6-5-13(10-15(14)24-18)19-16(21)7-8-17(22)23/h2-6,9-10H,7-8H2,1H3,(H,19,21)(H,22,23). The van der Waals surface area contributed by atoms with Crippen LogP contribution in [0.3, 0.4) is 0 Å². The van der Waals surface area contributed by atoms with E-state index >= 15 is 0 Å². The predicted molar refractivity (Wildman–Crippen MR) is 89.7 cm³/mol. The van der Waals surface area contributed by atoms with Gasteiger partial charge in [-0.05, 0) is 31.2 Å². The number of fused-ring (bicyclic) bond motifs is 1. The van der Waals surface area contributed by atoms with Crippen molar-refractivity contribution in [3.63, 3.8) is 0 Å². The molecule has 122 valence electrons. The van der Waals surface area contributed by atoms with Crippen molar-refractivity contribution in [1.82, 2.24) is 4.98 Å². The van der Waals surface area contributed by atoms with E-state index in [4.69, 9.17) is 9.52 Å². The molecule has 6 heteroatoms. The topological polar surface area (TPSA) is 92.4 Å². The summed E-state index contributed by atoms with van der Waals surface area (Å²) in [5.74, 6) is -0.836. The monoisotopic (exact) mass is 324 g/mol. The van der Waals surface area contributed by atoms with Crippen LogP contribution in [0.1, 0.15) is 18.4 Å². The van der Waals surface area contributed by atoms with Crippen LogP contribution in [0.5, 0.6) is 0 Å². The number of hydrogen-bond donors (Lipinski definition) is 2. The Bertz CT molecular complexity index is 914. The number of carboxylic acids is 1. The molecule has 0 aliphatic rings. The summed E-state index contributed by atoms with van der Waals surface area (Å²) < 4.78 is 5.77. The number of nitrogens with zero attached hydrogens (tertiary/aromatic N) is 1. The predicted octanol–water partition coefficient (Wildman–Crippen LogP) is 3.61. The molecule has 1 amide bonds. The van der Waals surface area contributed by atoms with Crippen molar-refractivity contribution < 1.29 is 19.1 Å². The van der Waals surface area contributed by atoms with E-state index in [1.807, 2.05) is 31.2 Å². The average Bonchev–Trinajstić information content (AvgIpc) is 2.96. The van der Waals surface area contributed by atoms with E-state index in [9.17, 15) is 9.59 Å². The van der Waals surface area contributed by atoms with Gasteiger partial charge in [0.1, 0.15) is 5.52 Å². The number of anilines is 1. The van der Waals surface area contributed by atoms with Crippen LogP contribution in [-0.4, -0.2) is 22.0 Å². The minimum absolute atomic E-state index is 0.0711. The number of nitrogens with one attached hydrogen (secondary N) is 1. The lowest BCUT2D eigenvalue weighted by molar-refractivity contribution is -0.138. The minimum atomic E-state index is -1.00. The first-order valence-corrected chi connectivity index (χ1v) is 7.50. The van der Waals surface area contributed by atoms with Crippen LogP contribution in [-0.2, 0) is 9.59 Å². The van der Waals surface area contributed by atoms with Crippen molar-refractivity contribution >= 4 is 28.7 Å². The molecule has 3 aromatic rings. The lowest BCUT2D eigenvalue weighted by Gasteiger charge is -2.03. The number of amides is 1. The highest BCUT2D eigenvalue weighted by atomic mass is 16.4. The number of carbonyl (C=O) groups is 2. The van der Waals surface area contributed by atoms with Gasteiger partial charge >= 0.3 is 5.97 Å². The van der Waals surface area contributed by atoms with E-state index < -0.39 is 5.97 Å². The molecular weight excluding hydrogens is 308 g/mol. The lowest BCUT2D eigenvalue weighted by Crippen LogP contribution is -2.12. The van der Waals surface area contributed by atoms with Gasteiger partial charge < -0.3 is 14.8 Å². The van der Waals surface area contributed by atoms with Gasteiger partial charge in [-0.15, -0.1) is 0 Å². The van der Waals surface area contributed by atoms with Crippen LogP contribution in [0, 0.1) is 6.92 Å². The fourth-order valence-corrected chi connectivity index (χ4v) is 2.35. The fraction of sp³-hybridized carbons (Fsp3) is 0.167. The van der Waals surface area contributed by atoms with Gasteiger partial charge in [-0.3, -0.25) is 9.59 Å². The summed E-state index contributed by atoms with van der Waals surface area (Å²) in [6, 6.07) is 13.0. The highest BCUT2D eigenvalue weighted by Gasteiger charge is 2.11. The molecular formula is C18H16N2O4. The van der Waals surface area contributed by atoms with E-state index in [-0.39, 0.29) is 18.7 Å². The molecule has 1 heterocycles. The molecule has 0 aliphatic carbocycles. The van der Waals surface area contributed by atoms with Gasteiger partial charge in [0.2, 0.25) is 11.8 Å². The second-order valence-corrected chi connectivity index (χ2v) is 5.51. The smallest absolute Gasteiger partial charge is 0.303 e. The first-order chi connectivity index (χ1) is 11.5. The van der Waals surface area contributed by atoms with E-state index in [2.05, 4.69) is 10.3 Å². The lowest BCUT2D eigenvalue weighted by atomic mass is 10.1. The molecule has 0 saturated heterocycles.